The van der Waals surface area contributed by atoms with Crippen LogP contribution >= 0.6 is 34.8 Å². The Labute approximate surface area is 129 Å². The lowest BCUT2D eigenvalue weighted by atomic mass is 10.3. The van der Waals surface area contributed by atoms with Crippen LogP contribution in [0.5, 0.6) is 0 Å². The van der Waals surface area contributed by atoms with Gasteiger partial charge in [0.05, 0.1) is 10.0 Å². The molecule has 0 aliphatic carbocycles. The molecule has 2 aromatic heterocycles. The first-order valence-corrected chi connectivity index (χ1v) is 6.78. The van der Waals surface area contributed by atoms with Crippen LogP contribution < -0.4 is 5.32 Å². The van der Waals surface area contributed by atoms with Gasteiger partial charge in [-0.3, -0.25) is 0 Å². The first-order valence-electron chi connectivity index (χ1n) is 5.65. The fraction of sp³-hybridized carbons (Fsp3) is 0.0833. The molecule has 0 saturated carbocycles. The second-order valence-electron chi connectivity index (χ2n) is 4.12. The highest BCUT2D eigenvalue weighted by Crippen LogP contribution is 2.26. The number of nitrogens with zero attached hydrogens (tertiary/aromatic N) is 4. The fourth-order valence-corrected chi connectivity index (χ4v) is 2.27. The van der Waals surface area contributed by atoms with Crippen LogP contribution in [0.4, 0.5) is 11.6 Å². The predicted octanol–water partition coefficient (Wildman–Crippen LogP) is 4.14. The summed E-state index contributed by atoms with van der Waals surface area (Å²) in [4.78, 5) is 8.50. The van der Waals surface area contributed by atoms with Crippen LogP contribution in [0.25, 0.3) is 5.78 Å². The topological polar surface area (TPSA) is 55.1 Å². The summed E-state index contributed by atoms with van der Waals surface area (Å²) in [6.07, 6.45) is 0. The van der Waals surface area contributed by atoms with Crippen molar-refractivity contribution >= 4 is 52.2 Å². The van der Waals surface area contributed by atoms with Crippen molar-refractivity contribution in [2.24, 2.45) is 0 Å². The van der Waals surface area contributed by atoms with Gasteiger partial charge in [-0.2, -0.15) is 9.50 Å². The van der Waals surface area contributed by atoms with Gasteiger partial charge in [-0.1, -0.05) is 34.8 Å². The van der Waals surface area contributed by atoms with Crippen molar-refractivity contribution in [3.8, 4) is 0 Å². The van der Waals surface area contributed by atoms with Crippen molar-refractivity contribution in [3.63, 3.8) is 0 Å². The molecule has 0 fully saturated rings. The van der Waals surface area contributed by atoms with Crippen LogP contribution in [0.2, 0.25) is 15.2 Å². The smallest absolute Gasteiger partial charge is 0.255 e. The molecule has 0 unspecified atom stereocenters. The quantitative estimate of drug-likeness (QED) is 0.718. The lowest BCUT2D eigenvalue weighted by Gasteiger charge is -2.02. The van der Waals surface area contributed by atoms with Gasteiger partial charge in [0, 0.05) is 11.4 Å². The number of aromatic nitrogens is 4. The molecule has 0 spiro atoms. The Morgan fingerprint density at radius 3 is 2.60 bits per heavy atom. The van der Waals surface area contributed by atoms with Crippen molar-refractivity contribution in [2.75, 3.05) is 5.32 Å². The summed E-state index contributed by atoms with van der Waals surface area (Å²) in [5.41, 5.74) is 1.50. The zero-order valence-corrected chi connectivity index (χ0v) is 12.5. The lowest BCUT2D eigenvalue weighted by molar-refractivity contribution is 0.932. The molecule has 0 aliphatic heterocycles. The average Bonchev–Trinajstić information content (AvgIpc) is 2.76. The molecule has 20 heavy (non-hydrogen) atoms. The van der Waals surface area contributed by atoms with Crippen molar-refractivity contribution in [1.29, 1.82) is 0 Å². The standard InChI is InChI=1S/C12H8Cl3N5/c1-6-4-10(15)20-12(16-6)18-11(19-20)17-7-2-3-8(13)9(14)5-7/h2-5H,1H3,(H,17,19). The average molecular weight is 329 g/mol. The monoisotopic (exact) mass is 327 g/mol. The van der Waals surface area contributed by atoms with Crippen LogP contribution in [-0.2, 0) is 0 Å². The van der Waals surface area contributed by atoms with Crippen LogP contribution in [-0.4, -0.2) is 19.6 Å². The second kappa shape index (κ2) is 5.09. The van der Waals surface area contributed by atoms with Crippen molar-refractivity contribution in [2.45, 2.75) is 6.92 Å². The van der Waals surface area contributed by atoms with E-state index < -0.39 is 0 Å². The Bertz CT molecular complexity index is 799. The van der Waals surface area contributed by atoms with Crippen LogP contribution in [0.3, 0.4) is 0 Å². The maximum absolute atomic E-state index is 6.08. The van der Waals surface area contributed by atoms with E-state index in [0.29, 0.717) is 26.9 Å². The van der Waals surface area contributed by atoms with Gasteiger partial charge >= 0.3 is 0 Å². The van der Waals surface area contributed by atoms with E-state index in [1.54, 1.807) is 24.3 Å². The number of anilines is 2. The molecule has 0 aliphatic rings. The summed E-state index contributed by atoms with van der Waals surface area (Å²) in [6.45, 7) is 1.84. The van der Waals surface area contributed by atoms with E-state index in [0.717, 1.165) is 11.4 Å². The molecule has 2 heterocycles. The normalized spacial score (nSPS) is 11.0. The summed E-state index contributed by atoms with van der Waals surface area (Å²) < 4.78 is 1.45. The molecular weight excluding hydrogens is 321 g/mol. The maximum Gasteiger partial charge on any atom is 0.255 e. The Morgan fingerprint density at radius 2 is 1.85 bits per heavy atom. The van der Waals surface area contributed by atoms with E-state index >= 15 is 0 Å². The molecule has 102 valence electrons. The Morgan fingerprint density at radius 1 is 1.05 bits per heavy atom. The maximum atomic E-state index is 6.08. The number of halogens is 3. The fourth-order valence-electron chi connectivity index (χ4n) is 1.70. The molecule has 0 amide bonds. The molecule has 3 aromatic rings. The van der Waals surface area contributed by atoms with E-state index in [4.69, 9.17) is 34.8 Å². The SMILES string of the molecule is Cc1cc(Cl)n2nc(Nc3ccc(Cl)c(Cl)c3)nc2n1. The first-order chi connectivity index (χ1) is 9.52. The van der Waals surface area contributed by atoms with Gasteiger partial charge in [-0.25, -0.2) is 4.98 Å². The zero-order valence-electron chi connectivity index (χ0n) is 10.2. The highest BCUT2D eigenvalue weighted by atomic mass is 35.5. The molecule has 0 saturated heterocycles. The predicted molar refractivity (Wildman–Crippen MR) is 80.3 cm³/mol. The van der Waals surface area contributed by atoms with E-state index in [9.17, 15) is 0 Å². The molecular formula is C12H8Cl3N5. The van der Waals surface area contributed by atoms with Gasteiger partial charge in [-0.05, 0) is 31.2 Å². The van der Waals surface area contributed by atoms with E-state index in [1.807, 2.05) is 6.92 Å². The highest BCUT2D eigenvalue weighted by molar-refractivity contribution is 6.42. The van der Waals surface area contributed by atoms with Gasteiger partial charge in [-0.15, -0.1) is 5.10 Å². The molecule has 3 rings (SSSR count). The van der Waals surface area contributed by atoms with Crippen molar-refractivity contribution in [1.82, 2.24) is 19.6 Å². The molecule has 5 nitrogen and oxygen atoms in total. The highest BCUT2D eigenvalue weighted by Gasteiger charge is 2.09. The second-order valence-corrected chi connectivity index (χ2v) is 5.32. The number of nitrogens with one attached hydrogen (secondary N) is 1. The van der Waals surface area contributed by atoms with Gasteiger partial charge in [0.25, 0.3) is 5.78 Å². The minimum absolute atomic E-state index is 0.378. The molecule has 0 atom stereocenters. The largest absolute Gasteiger partial charge is 0.323 e. The molecule has 0 bridgehead atoms. The number of hydrogen-bond donors (Lipinski definition) is 1. The van der Waals surface area contributed by atoms with Gasteiger partial charge < -0.3 is 5.32 Å². The van der Waals surface area contributed by atoms with E-state index in [1.165, 1.54) is 4.52 Å². The van der Waals surface area contributed by atoms with Gasteiger partial charge in [0.2, 0.25) is 5.95 Å². The number of fused-ring (bicyclic) bond motifs is 1. The molecule has 1 N–H and O–H groups in total. The third kappa shape index (κ3) is 2.52. The Balaban J connectivity index is 1.98. The number of hydrogen-bond acceptors (Lipinski definition) is 4. The minimum Gasteiger partial charge on any atom is -0.323 e. The Hall–Kier alpha value is -1.56. The Kier molecular flexibility index (Phi) is 3.41. The van der Waals surface area contributed by atoms with Crippen LogP contribution in [0.15, 0.2) is 24.3 Å². The van der Waals surface area contributed by atoms with E-state index in [2.05, 4.69) is 20.4 Å². The summed E-state index contributed by atoms with van der Waals surface area (Å²) in [5, 5.41) is 8.63. The number of benzene rings is 1. The molecule has 1 aromatic carbocycles. The molecule has 0 radical (unpaired) electrons. The lowest BCUT2D eigenvalue weighted by Crippen LogP contribution is -1.95. The number of aryl methyl sites for hydroxylation is 1. The first kappa shape index (κ1) is 13.4. The van der Waals surface area contributed by atoms with Gasteiger partial charge in [0.1, 0.15) is 5.15 Å². The van der Waals surface area contributed by atoms with Gasteiger partial charge in [0.15, 0.2) is 0 Å². The van der Waals surface area contributed by atoms with Crippen molar-refractivity contribution < 1.29 is 0 Å². The third-order valence-corrected chi connectivity index (χ3v) is 3.58. The summed E-state index contributed by atoms with van der Waals surface area (Å²) >= 11 is 17.9. The van der Waals surface area contributed by atoms with Crippen LogP contribution in [0.1, 0.15) is 5.69 Å². The summed E-state index contributed by atoms with van der Waals surface area (Å²) in [7, 11) is 0. The van der Waals surface area contributed by atoms with Crippen molar-refractivity contribution in [3.05, 3.63) is 45.2 Å². The summed E-state index contributed by atoms with van der Waals surface area (Å²) in [6, 6.07) is 6.87. The number of rotatable bonds is 2. The summed E-state index contributed by atoms with van der Waals surface area (Å²) in [5.74, 6) is 0.806. The minimum atomic E-state index is 0.378. The third-order valence-electron chi connectivity index (χ3n) is 2.57. The van der Waals surface area contributed by atoms with Crippen LogP contribution in [0, 0.1) is 6.92 Å². The van der Waals surface area contributed by atoms with E-state index in [-0.39, 0.29) is 0 Å². The molecule has 8 heteroatoms. The zero-order chi connectivity index (χ0) is 14.3.